The zero-order valence-corrected chi connectivity index (χ0v) is 12.0. The van der Waals surface area contributed by atoms with E-state index in [0.29, 0.717) is 11.8 Å². The molecule has 1 fully saturated rings. The Bertz CT molecular complexity index is 751. The van der Waals surface area contributed by atoms with Crippen LogP contribution in [0.25, 0.3) is 0 Å². The highest BCUT2D eigenvalue weighted by Gasteiger charge is 2.40. The third-order valence-electron chi connectivity index (χ3n) is 4.77. The molecule has 2 aromatic rings. The topological polar surface area (TPSA) is 54.1 Å². The maximum absolute atomic E-state index is 12.1. The van der Waals surface area contributed by atoms with Gasteiger partial charge in [-0.1, -0.05) is 13.5 Å². The van der Waals surface area contributed by atoms with Crippen LogP contribution in [-0.2, 0) is 0 Å². The molecule has 4 heteroatoms. The molecule has 1 aromatic carbocycles. The van der Waals surface area contributed by atoms with Gasteiger partial charge in [-0.05, 0) is 48.8 Å². The highest BCUT2D eigenvalue weighted by molar-refractivity contribution is 5.67. The number of hydrogen-bond donors (Lipinski definition) is 2. The van der Waals surface area contributed by atoms with E-state index in [2.05, 4.69) is 10.3 Å². The first kappa shape index (κ1) is 14.7. The molecule has 2 aliphatic rings. The van der Waals surface area contributed by atoms with Gasteiger partial charge in [-0.25, -0.2) is 0 Å². The monoisotopic (exact) mass is 298 g/mol. The van der Waals surface area contributed by atoms with Gasteiger partial charge < -0.3 is 15.0 Å². The third kappa shape index (κ3) is 2.19. The summed E-state index contributed by atoms with van der Waals surface area (Å²) in [6.07, 6.45) is 5.30. The van der Waals surface area contributed by atoms with E-state index in [0.717, 1.165) is 35.5 Å². The first-order valence-electron chi connectivity index (χ1n) is 7.43. The van der Waals surface area contributed by atoms with E-state index < -0.39 is 0 Å². The number of ether oxygens (including phenoxy) is 1. The van der Waals surface area contributed by atoms with Crippen LogP contribution in [0.1, 0.15) is 49.7 Å². The number of hydrogen-bond acceptors (Lipinski definition) is 3. The van der Waals surface area contributed by atoms with Crippen molar-refractivity contribution in [3.05, 3.63) is 51.9 Å². The lowest BCUT2D eigenvalue weighted by atomic mass is 9.92. The van der Waals surface area contributed by atoms with Crippen molar-refractivity contribution >= 4 is 11.4 Å². The number of fused-ring (bicyclic) bond motifs is 5. The molecule has 2 N–H and O–H groups in total. The lowest BCUT2D eigenvalue weighted by Gasteiger charge is -2.19. The molecule has 0 aliphatic heterocycles. The third-order valence-corrected chi connectivity index (χ3v) is 4.77. The minimum Gasteiger partial charge on any atom is -0.497 e. The molecule has 22 heavy (non-hydrogen) atoms. The Hall–Kier alpha value is -2.23. The van der Waals surface area contributed by atoms with Gasteiger partial charge >= 0.3 is 0 Å². The van der Waals surface area contributed by atoms with Gasteiger partial charge in [-0.15, -0.1) is 0 Å². The molecule has 1 heterocycles. The summed E-state index contributed by atoms with van der Waals surface area (Å²) in [5.74, 6) is 1.82. The van der Waals surface area contributed by atoms with E-state index in [4.69, 9.17) is 4.74 Å². The molecule has 4 rings (SSSR count). The maximum atomic E-state index is 12.1. The van der Waals surface area contributed by atoms with E-state index in [9.17, 15) is 4.79 Å². The SMILES string of the molecule is C.COc1cccc(Nc2c[nH]c(=O)c3c2C2CCC3C2)c1. The van der Waals surface area contributed by atoms with Crippen molar-refractivity contribution in [1.82, 2.24) is 4.98 Å². The zero-order chi connectivity index (χ0) is 14.4. The zero-order valence-electron chi connectivity index (χ0n) is 12.0. The molecular weight excluding hydrogens is 276 g/mol. The smallest absolute Gasteiger partial charge is 0.251 e. The highest BCUT2D eigenvalue weighted by atomic mass is 16.5. The molecule has 1 aromatic heterocycles. The second-order valence-electron chi connectivity index (χ2n) is 5.92. The van der Waals surface area contributed by atoms with Crippen molar-refractivity contribution in [3.8, 4) is 5.75 Å². The molecule has 2 unspecified atom stereocenters. The predicted octanol–water partition coefficient (Wildman–Crippen LogP) is 4.13. The van der Waals surface area contributed by atoms with Crippen molar-refractivity contribution in [2.45, 2.75) is 38.5 Å². The van der Waals surface area contributed by atoms with Gasteiger partial charge in [0.1, 0.15) is 5.75 Å². The predicted molar refractivity (Wildman–Crippen MR) is 89.4 cm³/mol. The van der Waals surface area contributed by atoms with Gasteiger partial charge in [0.05, 0.1) is 12.8 Å². The summed E-state index contributed by atoms with van der Waals surface area (Å²) in [5, 5.41) is 3.44. The number of benzene rings is 1. The fourth-order valence-electron chi connectivity index (χ4n) is 3.87. The Kier molecular flexibility index (Phi) is 3.69. The lowest BCUT2D eigenvalue weighted by Crippen LogP contribution is -2.17. The van der Waals surface area contributed by atoms with Crippen LogP contribution >= 0.6 is 0 Å². The number of H-pyrrole nitrogens is 1. The Balaban J connectivity index is 0.00000144. The molecular formula is C18H22N2O2. The average molecular weight is 298 g/mol. The second kappa shape index (κ2) is 5.52. The van der Waals surface area contributed by atoms with Gasteiger partial charge in [-0.3, -0.25) is 4.79 Å². The largest absolute Gasteiger partial charge is 0.497 e. The van der Waals surface area contributed by atoms with E-state index in [-0.39, 0.29) is 13.0 Å². The highest BCUT2D eigenvalue weighted by Crippen LogP contribution is 2.54. The number of methoxy groups -OCH3 is 1. The van der Waals surface area contributed by atoms with E-state index in [1.807, 2.05) is 24.3 Å². The van der Waals surface area contributed by atoms with Gasteiger partial charge in [-0.2, -0.15) is 0 Å². The van der Waals surface area contributed by atoms with Gasteiger partial charge in [0.15, 0.2) is 0 Å². The van der Waals surface area contributed by atoms with Crippen LogP contribution in [0.4, 0.5) is 11.4 Å². The molecule has 0 saturated heterocycles. The molecule has 0 amide bonds. The summed E-state index contributed by atoms with van der Waals surface area (Å²) in [6.45, 7) is 0. The fourth-order valence-corrected chi connectivity index (χ4v) is 3.87. The van der Waals surface area contributed by atoms with E-state index in [1.165, 1.54) is 12.0 Å². The Morgan fingerprint density at radius 1 is 1.23 bits per heavy atom. The van der Waals surface area contributed by atoms with Gasteiger partial charge in [0.2, 0.25) is 0 Å². The van der Waals surface area contributed by atoms with Crippen molar-refractivity contribution in [1.29, 1.82) is 0 Å². The number of aromatic nitrogens is 1. The molecule has 1 saturated carbocycles. The normalized spacial score (nSPS) is 21.1. The van der Waals surface area contributed by atoms with E-state index >= 15 is 0 Å². The van der Waals surface area contributed by atoms with Gasteiger partial charge in [0, 0.05) is 23.5 Å². The van der Waals surface area contributed by atoms with Crippen LogP contribution in [0.15, 0.2) is 35.3 Å². The minimum absolute atomic E-state index is 0. The van der Waals surface area contributed by atoms with Gasteiger partial charge in [0.25, 0.3) is 5.56 Å². The summed E-state index contributed by atoms with van der Waals surface area (Å²) >= 11 is 0. The second-order valence-corrected chi connectivity index (χ2v) is 5.92. The van der Waals surface area contributed by atoms with Crippen LogP contribution in [-0.4, -0.2) is 12.1 Å². The fraction of sp³-hybridized carbons (Fsp3) is 0.389. The van der Waals surface area contributed by atoms with Crippen molar-refractivity contribution in [2.24, 2.45) is 0 Å². The molecule has 2 atom stereocenters. The molecule has 4 nitrogen and oxygen atoms in total. The molecule has 0 spiro atoms. The lowest BCUT2D eigenvalue weighted by molar-refractivity contribution is 0.415. The first-order chi connectivity index (χ1) is 10.3. The van der Waals surface area contributed by atoms with Crippen LogP contribution in [0.2, 0.25) is 0 Å². The Labute approximate surface area is 130 Å². The summed E-state index contributed by atoms with van der Waals surface area (Å²) in [7, 11) is 1.66. The maximum Gasteiger partial charge on any atom is 0.251 e. The number of anilines is 2. The molecule has 2 bridgehead atoms. The summed E-state index contributed by atoms with van der Waals surface area (Å²) in [5.41, 5.74) is 4.35. The van der Waals surface area contributed by atoms with Crippen molar-refractivity contribution in [3.63, 3.8) is 0 Å². The van der Waals surface area contributed by atoms with Crippen molar-refractivity contribution in [2.75, 3.05) is 12.4 Å². The Morgan fingerprint density at radius 2 is 2.00 bits per heavy atom. The molecule has 0 radical (unpaired) electrons. The average Bonchev–Trinajstić information content (AvgIpc) is 3.12. The standard InChI is InChI=1S/C17H18N2O2.CH4/c1-21-13-4-2-3-12(8-13)19-14-9-18-17(20)16-11-6-5-10(7-11)15(14)16;/h2-4,8-11,19H,5-7H2,1H3,(H,18,20);1H4. The quantitative estimate of drug-likeness (QED) is 0.896. The van der Waals surface area contributed by atoms with Crippen molar-refractivity contribution < 1.29 is 4.74 Å². The number of aromatic amines is 1. The summed E-state index contributed by atoms with van der Waals surface area (Å²) in [4.78, 5) is 15.0. The number of nitrogens with one attached hydrogen (secondary N) is 2. The summed E-state index contributed by atoms with van der Waals surface area (Å²) in [6, 6.07) is 7.85. The Morgan fingerprint density at radius 3 is 2.77 bits per heavy atom. The molecule has 116 valence electrons. The van der Waals surface area contributed by atoms with Crippen LogP contribution in [0.5, 0.6) is 5.75 Å². The van der Waals surface area contributed by atoms with Crippen LogP contribution < -0.4 is 15.6 Å². The number of rotatable bonds is 3. The minimum atomic E-state index is 0. The van der Waals surface area contributed by atoms with Crippen LogP contribution in [0, 0.1) is 0 Å². The van der Waals surface area contributed by atoms with Crippen LogP contribution in [0.3, 0.4) is 0 Å². The van der Waals surface area contributed by atoms with E-state index in [1.54, 1.807) is 13.3 Å². The first-order valence-corrected chi connectivity index (χ1v) is 7.43. The summed E-state index contributed by atoms with van der Waals surface area (Å²) < 4.78 is 5.26. The number of pyridine rings is 1. The molecule has 2 aliphatic carbocycles.